The lowest BCUT2D eigenvalue weighted by Crippen LogP contribution is -2.28. The lowest BCUT2D eigenvalue weighted by atomic mass is 10.1. The Hall–Kier alpha value is -0.830. The largest absolute Gasteiger partial charge is 0.358 e. The van der Waals surface area contributed by atoms with Crippen molar-refractivity contribution in [2.24, 2.45) is 0 Å². The minimum atomic E-state index is -0.139. The molecule has 1 rings (SSSR count). The zero-order valence-corrected chi connectivity index (χ0v) is 9.04. The molecule has 70 valence electrons. The highest BCUT2D eigenvalue weighted by molar-refractivity contribution is 9.10. The van der Waals surface area contributed by atoms with Crippen LogP contribution in [-0.4, -0.2) is 17.8 Å². The quantitative estimate of drug-likeness (QED) is 0.803. The summed E-state index contributed by atoms with van der Waals surface area (Å²) < 4.78 is 0. The van der Waals surface area contributed by atoms with E-state index in [4.69, 9.17) is 0 Å². The average Bonchev–Trinajstić information content (AvgIpc) is 2.18. The summed E-state index contributed by atoms with van der Waals surface area (Å²) in [6, 6.07) is 9.93. The number of alkyl halides is 1. The second-order valence-corrected chi connectivity index (χ2v) is 3.88. The first-order valence-electron chi connectivity index (χ1n) is 4.13. The number of carbonyl (C=O) groups is 1. The second-order valence-electron chi connectivity index (χ2n) is 2.77. The summed E-state index contributed by atoms with van der Waals surface area (Å²) >= 11 is 3.33. The Morgan fingerprint density at radius 2 is 2.08 bits per heavy atom. The number of rotatable bonds is 3. The van der Waals surface area contributed by atoms with Crippen LogP contribution in [0.2, 0.25) is 0 Å². The van der Waals surface area contributed by atoms with Gasteiger partial charge in [-0.05, 0) is 12.0 Å². The summed E-state index contributed by atoms with van der Waals surface area (Å²) in [5.41, 5.74) is 1.16. The van der Waals surface area contributed by atoms with Crippen LogP contribution in [-0.2, 0) is 11.2 Å². The van der Waals surface area contributed by atoms with E-state index < -0.39 is 0 Å². The van der Waals surface area contributed by atoms with Crippen LogP contribution in [0.1, 0.15) is 5.56 Å². The maximum atomic E-state index is 11.2. The van der Waals surface area contributed by atoms with E-state index >= 15 is 0 Å². The van der Waals surface area contributed by atoms with Gasteiger partial charge in [-0.1, -0.05) is 46.3 Å². The molecule has 0 aliphatic heterocycles. The maximum absolute atomic E-state index is 11.2. The van der Waals surface area contributed by atoms with Crippen molar-refractivity contribution in [3.63, 3.8) is 0 Å². The van der Waals surface area contributed by atoms with Crippen LogP contribution in [0.15, 0.2) is 30.3 Å². The summed E-state index contributed by atoms with van der Waals surface area (Å²) in [6.07, 6.45) is 0.723. The number of carbonyl (C=O) groups excluding carboxylic acids is 1. The van der Waals surface area contributed by atoms with Crippen molar-refractivity contribution in [3.8, 4) is 0 Å². The number of nitrogens with one attached hydrogen (secondary N) is 1. The summed E-state index contributed by atoms with van der Waals surface area (Å²) in [7, 11) is 1.64. The van der Waals surface area contributed by atoms with Gasteiger partial charge in [-0.25, -0.2) is 0 Å². The molecule has 0 fully saturated rings. The summed E-state index contributed by atoms with van der Waals surface area (Å²) in [5, 5.41) is 2.60. The van der Waals surface area contributed by atoms with Crippen LogP contribution < -0.4 is 5.32 Å². The third-order valence-corrected chi connectivity index (χ3v) is 2.53. The van der Waals surface area contributed by atoms with Crippen molar-refractivity contribution < 1.29 is 4.79 Å². The average molecular weight is 242 g/mol. The van der Waals surface area contributed by atoms with Gasteiger partial charge in [-0.3, -0.25) is 4.79 Å². The zero-order valence-electron chi connectivity index (χ0n) is 7.46. The van der Waals surface area contributed by atoms with E-state index in [1.165, 1.54) is 0 Å². The molecule has 0 aliphatic rings. The first kappa shape index (κ1) is 10.3. The van der Waals surface area contributed by atoms with E-state index in [9.17, 15) is 4.79 Å². The van der Waals surface area contributed by atoms with Gasteiger partial charge in [0.1, 0.15) is 0 Å². The van der Waals surface area contributed by atoms with E-state index in [0.29, 0.717) is 0 Å². The molecular formula is C10H12BrNO. The number of hydrogen-bond acceptors (Lipinski definition) is 1. The maximum Gasteiger partial charge on any atom is 0.233 e. The van der Waals surface area contributed by atoms with Crippen molar-refractivity contribution in [2.75, 3.05) is 7.05 Å². The van der Waals surface area contributed by atoms with Gasteiger partial charge in [0.15, 0.2) is 0 Å². The monoisotopic (exact) mass is 241 g/mol. The molecule has 3 heteroatoms. The highest BCUT2D eigenvalue weighted by atomic mass is 79.9. The molecule has 0 bridgehead atoms. The Balaban J connectivity index is 2.55. The van der Waals surface area contributed by atoms with Gasteiger partial charge in [0.05, 0.1) is 4.83 Å². The molecule has 2 nitrogen and oxygen atoms in total. The third kappa shape index (κ3) is 3.19. The van der Waals surface area contributed by atoms with Crippen LogP contribution in [0.3, 0.4) is 0 Å². The van der Waals surface area contributed by atoms with E-state index in [2.05, 4.69) is 21.2 Å². The van der Waals surface area contributed by atoms with Crippen molar-refractivity contribution in [1.82, 2.24) is 5.32 Å². The van der Waals surface area contributed by atoms with Crippen molar-refractivity contribution in [3.05, 3.63) is 35.9 Å². The topological polar surface area (TPSA) is 29.1 Å². The lowest BCUT2D eigenvalue weighted by Gasteiger charge is -2.07. The van der Waals surface area contributed by atoms with Gasteiger partial charge in [0.2, 0.25) is 5.91 Å². The second kappa shape index (κ2) is 5.02. The van der Waals surface area contributed by atoms with Crippen LogP contribution >= 0.6 is 15.9 Å². The number of benzene rings is 1. The molecule has 0 saturated carbocycles. The molecule has 1 atom stereocenters. The summed E-state index contributed by atoms with van der Waals surface area (Å²) in [5.74, 6) is 0.0175. The Bertz CT molecular complexity index is 274. The molecule has 1 amide bonds. The van der Waals surface area contributed by atoms with E-state index in [1.54, 1.807) is 7.05 Å². The van der Waals surface area contributed by atoms with Gasteiger partial charge in [-0.15, -0.1) is 0 Å². The highest BCUT2D eigenvalue weighted by Crippen LogP contribution is 2.09. The summed E-state index contributed by atoms with van der Waals surface area (Å²) in [4.78, 5) is 11.0. The van der Waals surface area contributed by atoms with Gasteiger partial charge in [0, 0.05) is 7.05 Å². The Morgan fingerprint density at radius 1 is 1.46 bits per heavy atom. The Morgan fingerprint density at radius 3 is 2.62 bits per heavy atom. The molecule has 1 N–H and O–H groups in total. The molecule has 1 aromatic carbocycles. The molecule has 0 aromatic heterocycles. The first-order chi connectivity index (χ1) is 6.24. The number of halogens is 1. The molecule has 1 aromatic rings. The number of amides is 1. The van der Waals surface area contributed by atoms with Gasteiger partial charge in [-0.2, -0.15) is 0 Å². The molecule has 0 heterocycles. The Kier molecular flexibility index (Phi) is 3.96. The minimum Gasteiger partial charge on any atom is -0.358 e. The van der Waals surface area contributed by atoms with Gasteiger partial charge in [0.25, 0.3) is 0 Å². The predicted octanol–water partition coefficient (Wildman–Crippen LogP) is 1.74. The van der Waals surface area contributed by atoms with Crippen LogP contribution in [0, 0.1) is 0 Å². The molecule has 0 spiro atoms. The molecule has 0 unspecified atom stereocenters. The molecule has 0 aliphatic carbocycles. The highest BCUT2D eigenvalue weighted by Gasteiger charge is 2.12. The first-order valence-corrected chi connectivity index (χ1v) is 5.05. The smallest absolute Gasteiger partial charge is 0.233 e. The standard InChI is InChI=1S/C10H12BrNO/c1-12-10(13)9(11)7-8-5-3-2-4-6-8/h2-6,9H,7H2,1H3,(H,12,13)/t9-/m0/s1. The molecular weight excluding hydrogens is 230 g/mol. The number of hydrogen-bond donors (Lipinski definition) is 1. The van der Waals surface area contributed by atoms with Crippen molar-refractivity contribution in [1.29, 1.82) is 0 Å². The van der Waals surface area contributed by atoms with Crippen molar-refractivity contribution >= 4 is 21.8 Å². The lowest BCUT2D eigenvalue weighted by molar-refractivity contribution is -0.119. The van der Waals surface area contributed by atoms with Crippen molar-refractivity contribution in [2.45, 2.75) is 11.2 Å². The SMILES string of the molecule is CNC(=O)[C@@H](Br)Cc1ccccc1. The normalized spacial score (nSPS) is 12.2. The fraction of sp³-hybridized carbons (Fsp3) is 0.300. The predicted molar refractivity (Wildman–Crippen MR) is 56.9 cm³/mol. The molecule has 0 radical (unpaired) electrons. The van der Waals surface area contributed by atoms with E-state index in [1.807, 2.05) is 30.3 Å². The summed E-state index contributed by atoms with van der Waals surface area (Å²) in [6.45, 7) is 0. The molecule has 13 heavy (non-hydrogen) atoms. The fourth-order valence-electron chi connectivity index (χ4n) is 1.07. The van der Waals surface area contributed by atoms with Gasteiger partial charge < -0.3 is 5.32 Å². The van der Waals surface area contributed by atoms with E-state index in [-0.39, 0.29) is 10.7 Å². The van der Waals surface area contributed by atoms with E-state index in [0.717, 1.165) is 12.0 Å². The Labute approximate surface area is 86.5 Å². The minimum absolute atomic E-state index is 0.0175. The van der Waals surface area contributed by atoms with Crippen LogP contribution in [0.5, 0.6) is 0 Å². The molecule has 0 saturated heterocycles. The third-order valence-electron chi connectivity index (χ3n) is 1.79. The van der Waals surface area contributed by atoms with Gasteiger partial charge >= 0.3 is 0 Å². The van der Waals surface area contributed by atoms with Crippen LogP contribution in [0.4, 0.5) is 0 Å². The fourth-order valence-corrected chi connectivity index (χ4v) is 1.67. The van der Waals surface area contributed by atoms with Crippen LogP contribution in [0.25, 0.3) is 0 Å². The zero-order chi connectivity index (χ0) is 9.68.